The van der Waals surface area contributed by atoms with Gasteiger partial charge in [0, 0.05) is 48.2 Å². The highest BCUT2D eigenvalue weighted by Crippen LogP contribution is 2.44. The Morgan fingerprint density at radius 2 is 1.71 bits per heavy atom. The molecule has 0 unspecified atom stereocenters. The number of ketones is 1. The molecule has 0 saturated carbocycles. The van der Waals surface area contributed by atoms with Crippen molar-refractivity contribution in [3.8, 4) is 28.7 Å². The van der Waals surface area contributed by atoms with Crippen LogP contribution in [0.15, 0.2) is 48.5 Å². The van der Waals surface area contributed by atoms with E-state index in [-0.39, 0.29) is 11.5 Å². The van der Waals surface area contributed by atoms with Crippen molar-refractivity contribution in [1.82, 2.24) is 9.88 Å². The summed E-state index contributed by atoms with van der Waals surface area (Å²) in [4.78, 5) is 19.6. The summed E-state index contributed by atoms with van der Waals surface area (Å²) in [5, 5.41) is 0. The number of fused-ring (bicyclic) bond motifs is 2. The van der Waals surface area contributed by atoms with Gasteiger partial charge in [-0.3, -0.25) is 14.7 Å². The summed E-state index contributed by atoms with van der Waals surface area (Å²) < 4.78 is 28.4. The standard InChI is InChI=1S/C27H26N2O6/c1-16-26-19(14-29(15-34-26)13-17-5-7-28-8-6-17)9-20-25(30)24(35-27(16)20)11-18-10-22(32-3)23(33-4)12-21(18)31-2/h5-12H,13-15H2,1-4H3/b24-11-. The maximum absolute atomic E-state index is 13.3. The number of hydrogen-bond donors (Lipinski definition) is 0. The van der Waals surface area contributed by atoms with E-state index in [1.165, 1.54) is 0 Å². The van der Waals surface area contributed by atoms with Crippen LogP contribution in [0.3, 0.4) is 0 Å². The lowest BCUT2D eigenvalue weighted by atomic mass is 9.99. The molecule has 0 N–H and O–H groups in total. The van der Waals surface area contributed by atoms with Crippen LogP contribution in [-0.2, 0) is 13.1 Å². The topological polar surface area (TPSA) is 79.4 Å². The minimum absolute atomic E-state index is 0.186. The van der Waals surface area contributed by atoms with E-state index in [2.05, 4.69) is 9.88 Å². The van der Waals surface area contributed by atoms with E-state index in [0.717, 1.165) is 29.0 Å². The molecule has 8 heteroatoms. The molecule has 2 aromatic carbocycles. The number of aromatic nitrogens is 1. The van der Waals surface area contributed by atoms with E-state index < -0.39 is 0 Å². The molecule has 0 radical (unpaired) electrons. The van der Waals surface area contributed by atoms with Gasteiger partial charge in [0.05, 0.1) is 26.9 Å². The molecule has 0 bridgehead atoms. The fraction of sp³-hybridized carbons (Fsp3) is 0.259. The second-order valence-corrected chi connectivity index (χ2v) is 8.37. The summed E-state index contributed by atoms with van der Waals surface area (Å²) in [5.74, 6) is 2.92. The average Bonchev–Trinajstić information content (AvgIpc) is 3.19. The zero-order valence-corrected chi connectivity index (χ0v) is 20.1. The number of methoxy groups -OCH3 is 3. The van der Waals surface area contributed by atoms with Gasteiger partial charge in [-0.15, -0.1) is 0 Å². The number of allylic oxidation sites excluding steroid dienone is 1. The first-order valence-electron chi connectivity index (χ1n) is 11.2. The van der Waals surface area contributed by atoms with E-state index in [1.54, 1.807) is 51.9 Å². The molecule has 0 amide bonds. The number of benzene rings is 2. The summed E-state index contributed by atoms with van der Waals surface area (Å²) in [7, 11) is 4.67. The quantitative estimate of drug-likeness (QED) is 0.487. The van der Waals surface area contributed by atoms with Crippen LogP contribution in [-0.4, -0.2) is 43.7 Å². The molecular formula is C27H26N2O6. The largest absolute Gasteiger partial charge is 0.496 e. The minimum atomic E-state index is -0.186. The number of nitrogens with zero attached hydrogens (tertiary/aromatic N) is 2. The molecule has 2 aliphatic rings. The molecule has 3 heterocycles. The van der Waals surface area contributed by atoms with E-state index in [4.69, 9.17) is 23.7 Å². The van der Waals surface area contributed by atoms with Gasteiger partial charge in [-0.25, -0.2) is 0 Å². The molecule has 0 fully saturated rings. The molecule has 1 aromatic heterocycles. The molecule has 180 valence electrons. The van der Waals surface area contributed by atoms with Gasteiger partial charge in [0.2, 0.25) is 5.78 Å². The van der Waals surface area contributed by atoms with Crippen LogP contribution in [0.4, 0.5) is 0 Å². The number of pyridine rings is 1. The van der Waals surface area contributed by atoms with Crippen molar-refractivity contribution in [3.63, 3.8) is 0 Å². The van der Waals surface area contributed by atoms with Crippen LogP contribution in [0.2, 0.25) is 0 Å². The fourth-order valence-corrected chi connectivity index (χ4v) is 4.45. The Balaban J connectivity index is 1.45. The lowest BCUT2D eigenvalue weighted by Crippen LogP contribution is -2.32. The molecular weight excluding hydrogens is 448 g/mol. The third kappa shape index (κ3) is 4.17. The normalized spacial score (nSPS) is 15.8. The average molecular weight is 475 g/mol. The van der Waals surface area contributed by atoms with Gasteiger partial charge in [-0.05, 0) is 42.8 Å². The highest BCUT2D eigenvalue weighted by molar-refractivity contribution is 6.15. The fourth-order valence-electron chi connectivity index (χ4n) is 4.45. The molecule has 0 aliphatic carbocycles. The number of carbonyl (C=O) groups excluding carboxylic acids is 1. The monoisotopic (exact) mass is 474 g/mol. The van der Waals surface area contributed by atoms with Crippen LogP contribution in [0.5, 0.6) is 28.7 Å². The Bertz CT molecular complexity index is 1320. The van der Waals surface area contributed by atoms with Crippen molar-refractivity contribution in [1.29, 1.82) is 0 Å². The Morgan fingerprint density at radius 3 is 2.43 bits per heavy atom. The van der Waals surface area contributed by atoms with Crippen LogP contribution in [0.25, 0.3) is 6.08 Å². The first kappa shape index (κ1) is 22.7. The van der Waals surface area contributed by atoms with Gasteiger partial charge in [-0.1, -0.05) is 0 Å². The van der Waals surface area contributed by atoms with Gasteiger partial charge in [0.25, 0.3) is 0 Å². The Kier molecular flexibility index (Phi) is 6.05. The van der Waals surface area contributed by atoms with E-state index >= 15 is 0 Å². The maximum Gasteiger partial charge on any atom is 0.231 e. The van der Waals surface area contributed by atoms with Crippen LogP contribution < -0.4 is 23.7 Å². The van der Waals surface area contributed by atoms with Crippen molar-refractivity contribution in [2.24, 2.45) is 0 Å². The molecule has 0 spiro atoms. The van der Waals surface area contributed by atoms with E-state index in [1.807, 2.05) is 25.1 Å². The number of carbonyl (C=O) groups is 1. The van der Waals surface area contributed by atoms with Crippen LogP contribution in [0.1, 0.15) is 32.6 Å². The van der Waals surface area contributed by atoms with Crippen molar-refractivity contribution in [2.45, 2.75) is 20.0 Å². The predicted molar refractivity (Wildman–Crippen MR) is 129 cm³/mol. The highest BCUT2D eigenvalue weighted by Gasteiger charge is 2.34. The lowest BCUT2D eigenvalue weighted by molar-refractivity contribution is 0.0876. The minimum Gasteiger partial charge on any atom is -0.496 e. The van der Waals surface area contributed by atoms with Gasteiger partial charge in [0.1, 0.15) is 24.0 Å². The first-order valence-corrected chi connectivity index (χ1v) is 11.2. The summed E-state index contributed by atoms with van der Waals surface area (Å²) in [6.45, 7) is 3.77. The molecule has 35 heavy (non-hydrogen) atoms. The number of Topliss-reactive ketones (excluding diaryl/α,β-unsaturated/α-hetero) is 1. The molecule has 2 aliphatic heterocycles. The van der Waals surface area contributed by atoms with Gasteiger partial charge in [0.15, 0.2) is 17.3 Å². The summed E-state index contributed by atoms with van der Waals surface area (Å²) in [5.41, 5.74) is 4.10. The Hall–Kier alpha value is -4.04. The number of rotatable bonds is 6. The van der Waals surface area contributed by atoms with Crippen molar-refractivity contribution in [2.75, 3.05) is 28.1 Å². The number of ether oxygens (including phenoxy) is 5. The van der Waals surface area contributed by atoms with Crippen LogP contribution in [0, 0.1) is 6.92 Å². The third-order valence-electron chi connectivity index (χ3n) is 6.18. The molecule has 0 atom stereocenters. The Morgan fingerprint density at radius 1 is 1.00 bits per heavy atom. The van der Waals surface area contributed by atoms with Crippen molar-refractivity contribution >= 4 is 11.9 Å². The second kappa shape index (κ2) is 9.31. The lowest BCUT2D eigenvalue weighted by Gasteiger charge is -2.30. The van der Waals surface area contributed by atoms with Crippen molar-refractivity contribution < 1.29 is 28.5 Å². The van der Waals surface area contributed by atoms with E-state index in [0.29, 0.717) is 47.4 Å². The molecule has 8 nitrogen and oxygen atoms in total. The van der Waals surface area contributed by atoms with Crippen molar-refractivity contribution in [3.05, 3.63) is 76.3 Å². The zero-order chi connectivity index (χ0) is 24.5. The summed E-state index contributed by atoms with van der Waals surface area (Å²) in [6.07, 6.45) is 5.23. The first-order chi connectivity index (χ1) is 17.0. The SMILES string of the molecule is COc1cc(OC)c(OC)cc1/C=C1\Oc2c(cc3c(c2C)OCN(Cc2ccncc2)C3)C1=O. The number of hydrogen-bond acceptors (Lipinski definition) is 8. The predicted octanol–water partition coefficient (Wildman–Crippen LogP) is 4.38. The smallest absolute Gasteiger partial charge is 0.231 e. The van der Waals surface area contributed by atoms with Gasteiger partial charge < -0.3 is 23.7 Å². The summed E-state index contributed by atoms with van der Waals surface area (Å²) in [6, 6.07) is 9.32. The van der Waals surface area contributed by atoms with E-state index in [9.17, 15) is 4.79 Å². The highest BCUT2D eigenvalue weighted by atomic mass is 16.5. The zero-order valence-electron chi connectivity index (χ0n) is 20.1. The third-order valence-corrected chi connectivity index (χ3v) is 6.18. The Labute approximate surface area is 203 Å². The van der Waals surface area contributed by atoms with Gasteiger partial charge in [-0.2, -0.15) is 0 Å². The second-order valence-electron chi connectivity index (χ2n) is 8.37. The maximum atomic E-state index is 13.3. The summed E-state index contributed by atoms with van der Waals surface area (Å²) >= 11 is 0. The molecule has 0 saturated heterocycles. The van der Waals surface area contributed by atoms with Gasteiger partial charge >= 0.3 is 0 Å². The molecule has 5 rings (SSSR count). The molecule has 3 aromatic rings. The van der Waals surface area contributed by atoms with Crippen LogP contribution >= 0.6 is 0 Å².